The Bertz CT molecular complexity index is 1170. The van der Waals surface area contributed by atoms with Gasteiger partial charge in [-0.2, -0.15) is 0 Å². The second kappa shape index (κ2) is 19.9. The third kappa shape index (κ3) is 11.2. The first-order valence-electron chi connectivity index (χ1n) is 21.9. The molecule has 0 aliphatic heterocycles. The summed E-state index contributed by atoms with van der Waals surface area (Å²) in [5.74, 6) is 0.374. The molecule has 2 saturated carbocycles. The Morgan fingerprint density at radius 3 is 1.81 bits per heavy atom. The monoisotopic (exact) mass is 775 g/mol. The quantitative estimate of drug-likeness (QED) is 0.0660. The van der Waals surface area contributed by atoms with E-state index in [1.54, 1.807) is 5.57 Å². The van der Waals surface area contributed by atoms with Gasteiger partial charge in [-0.3, -0.25) is 4.79 Å². The van der Waals surface area contributed by atoms with Crippen molar-refractivity contribution in [2.75, 3.05) is 0 Å². The van der Waals surface area contributed by atoms with Gasteiger partial charge in [0.05, 0.1) is 17.8 Å². The molecule has 0 aromatic heterocycles. The lowest BCUT2D eigenvalue weighted by Gasteiger charge is -2.42. The maximum Gasteiger partial charge on any atom is 0.306 e. The zero-order valence-electron chi connectivity index (χ0n) is 36.3. The highest BCUT2D eigenvalue weighted by molar-refractivity contribution is 6.74. The largest absolute Gasteiger partial charge is 0.458 e. The first kappa shape index (κ1) is 45.6. The van der Waals surface area contributed by atoms with Gasteiger partial charge in [0.2, 0.25) is 0 Å². The standard InChI is InChI=1S/C44H82O5Si3/c1-14-50(15-2,16-3)47-38-32-36(33-39(34-38)48-51(17-4,18-5)19-6)25-26-37-24-23-30-44(13)40(27-28-41(37)44)35(10)46-42(45)29-31-43(11,12)49-52(20-7,21-8)22-9/h25-27,35,38-39,41H,14-24,28-34H2,1-13H3/b37-26+/t35-,38+,39+,41-,44+/m0/s1. The number of carbonyl (C=O) groups is 1. The molecule has 0 radical (unpaired) electrons. The molecule has 2 fully saturated rings. The first-order valence-corrected chi connectivity index (χ1v) is 29.5. The SMILES string of the molecule is CC[Si](CC)(CC)O[C@@H]1CC(=C/C=C2\CCC[C@]3(C)C([C@H](C)OC(=O)CCC(C)(C)O[Si](CC)(CC)CC)=CC[C@@H]23)C[C@@H](O[Si](CC)(CC)CC)C1. The van der Waals surface area contributed by atoms with Gasteiger partial charge in [0.15, 0.2) is 25.0 Å². The molecule has 3 aliphatic rings. The van der Waals surface area contributed by atoms with Crippen LogP contribution in [0.25, 0.3) is 0 Å². The minimum atomic E-state index is -1.75. The molecule has 0 aromatic carbocycles. The van der Waals surface area contributed by atoms with Crippen LogP contribution in [0.4, 0.5) is 0 Å². The van der Waals surface area contributed by atoms with E-state index >= 15 is 0 Å². The highest BCUT2D eigenvalue weighted by atomic mass is 28.4. The van der Waals surface area contributed by atoms with E-state index in [0.29, 0.717) is 18.8 Å². The predicted octanol–water partition coefficient (Wildman–Crippen LogP) is 13.5. The van der Waals surface area contributed by atoms with Crippen LogP contribution in [0.5, 0.6) is 0 Å². The van der Waals surface area contributed by atoms with E-state index in [2.05, 4.69) is 108 Å². The van der Waals surface area contributed by atoms with E-state index in [4.69, 9.17) is 18.0 Å². The third-order valence-electron chi connectivity index (χ3n) is 14.5. The van der Waals surface area contributed by atoms with E-state index in [-0.39, 0.29) is 35.3 Å². The van der Waals surface area contributed by atoms with Crippen molar-refractivity contribution in [3.05, 3.63) is 34.9 Å². The molecule has 0 bridgehead atoms. The summed E-state index contributed by atoms with van der Waals surface area (Å²) in [7, 11) is -5.20. The van der Waals surface area contributed by atoms with Gasteiger partial charge in [0, 0.05) is 6.42 Å². The molecule has 3 aliphatic carbocycles. The van der Waals surface area contributed by atoms with Crippen LogP contribution in [0.3, 0.4) is 0 Å². The van der Waals surface area contributed by atoms with Gasteiger partial charge in [-0.05, 0) is 143 Å². The molecular weight excluding hydrogens is 693 g/mol. The Morgan fingerprint density at radius 1 is 0.827 bits per heavy atom. The summed E-state index contributed by atoms with van der Waals surface area (Å²) in [5.41, 5.74) is 4.13. The van der Waals surface area contributed by atoms with Crippen molar-refractivity contribution in [3.8, 4) is 0 Å². The highest BCUT2D eigenvalue weighted by Crippen LogP contribution is 2.56. The van der Waals surface area contributed by atoms with Crippen LogP contribution in [0.15, 0.2) is 34.9 Å². The van der Waals surface area contributed by atoms with Crippen LogP contribution in [0.2, 0.25) is 54.4 Å². The lowest BCUT2D eigenvalue weighted by Crippen LogP contribution is -2.46. The van der Waals surface area contributed by atoms with Crippen LogP contribution in [0.1, 0.15) is 148 Å². The summed E-state index contributed by atoms with van der Waals surface area (Å²) in [6.07, 6.45) is 16.5. The van der Waals surface area contributed by atoms with Crippen molar-refractivity contribution in [1.82, 2.24) is 0 Å². The number of ether oxygens (including phenoxy) is 1. The molecule has 5 atom stereocenters. The summed E-state index contributed by atoms with van der Waals surface area (Å²) in [6.45, 7) is 29.7. The first-order chi connectivity index (χ1) is 24.6. The summed E-state index contributed by atoms with van der Waals surface area (Å²) in [5, 5.41) is 0. The molecule has 0 heterocycles. The Balaban J connectivity index is 1.74. The summed E-state index contributed by atoms with van der Waals surface area (Å²) in [6, 6.07) is 10.5. The fourth-order valence-corrected chi connectivity index (χ4v) is 19.2. The van der Waals surface area contributed by atoms with Gasteiger partial charge in [-0.15, -0.1) is 0 Å². The van der Waals surface area contributed by atoms with Crippen molar-refractivity contribution in [3.63, 3.8) is 0 Å². The van der Waals surface area contributed by atoms with Crippen molar-refractivity contribution in [2.45, 2.75) is 226 Å². The van der Waals surface area contributed by atoms with Gasteiger partial charge < -0.3 is 18.0 Å². The van der Waals surface area contributed by atoms with Crippen molar-refractivity contribution < 1.29 is 22.8 Å². The third-order valence-corrected chi connectivity index (χ3v) is 28.7. The van der Waals surface area contributed by atoms with Crippen LogP contribution in [-0.4, -0.2) is 54.8 Å². The molecule has 0 amide bonds. The number of hydrogen-bond acceptors (Lipinski definition) is 5. The second-order valence-corrected chi connectivity index (χ2v) is 31.8. The molecule has 0 N–H and O–H groups in total. The number of hydrogen-bond donors (Lipinski definition) is 0. The summed E-state index contributed by atoms with van der Waals surface area (Å²) < 4.78 is 27.3. The Labute approximate surface area is 324 Å². The fourth-order valence-electron chi connectivity index (χ4n) is 10.2. The fraction of sp³-hybridized carbons (Fsp3) is 0.841. The average Bonchev–Trinajstić information content (AvgIpc) is 3.51. The molecule has 52 heavy (non-hydrogen) atoms. The van der Waals surface area contributed by atoms with E-state index in [0.717, 1.165) is 56.7 Å². The molecule has 0 saturated heterocycles. The summed E-state index contributed by atoms with van der Waals surface area (Å²) >= 11 is 0. The van der Waals surface area contributed by atoms with E-state index in [1.807, 2.05) is 0 Å². The van der Waals surface area contributed by atoms with Crippen LogP contribution in [-0.2, 0) is 22.8 Å². The second-order valence-electron chi connectivity index (χ2n) is 17.6. The molecule has 0 aromatic rings. The predicted molar refractivity (Wildman–Crippen MR) is 229 cm³/mol. The zero-order valence-corrected chi connectivity index (χ0v) is 39.3. The maximum absolute atomic E-state index is 13.3. The van der Waals surface area contributed by atoms with Crippen LogP contribution in [0, 0.1) is 11.3 Å². The molecule has 3 rings (SSSR count). The molecule has 0 spiro atoms. The van der Waals surface area contributed by atoms with Gasteiger partial charge in [0.1, 0.15) is 6.10 Å². The van der Waals surface area contributed by atoms with Gasteiger partial charge in [-0.1, -0.05) is 98.6 Å². The minimum absolute atomic E-state index is 0.0340. The summed E-state index contributed by atoms with van der Waals surface area (Å²) in [4.78, 5) is 13.3. The number of carbonyl (C=O) groups excluding carboxylic acids is 1. The van der Waals surface area contributed by atoms with Crippen LogP contribution >= 0.6 is 0 Å². The Hall–Kier alpha value is -0.779. The Kier molecular flexibility index (Phi) is 17.4. The number of allylic oxidation sites excluding steroid dienone is 4. The van der Waals surface area contributed by atoms with Gasteiger partial charge >= 0.3 is 5.97 Å². The molecular formula is C44H82O5Si3. The molecule has 0 unspecified atom stereocenters. The minimum Gasteiger partial charge on any atom is -0.458 e. The van der Waals surface area contributed by atoms with Crippen molar-refractivity contribution >= 4 is 30.9 Å². The molecule has 8 heteroatoms. The van der Waals surface area contributed by atoms with E-state index in [9.17, 15) is 4.79 Å². The van der Waals surface area contributed by atoms with E-state index < -0.39 is 25.0 Å². The van der Waals surface area contributed by atoms with Gasteiger partial charge in [-0.25, -0.2) is 0 Å². The van der Waals surface area contributed by atoms with E-state index in [1.165, 1.54) is 53.8 Å². The maximum atomic E-state index is 13.3. The highest BCUT2D eigenvalue weighted by Gasteiger charge is 2.47. The normalized spacial score (nSPS) is 25.9. The lowest BCUT2D eigenvalue weighted by molar-refractivity contribution is -0.148. The smallest absolute Gasteiger partial charge is 0.306 e. The van der Waals surface area contributed by atoms with Crippen molar-refractivity contribution in [2.24, 2.45) is 11.3 Å². The molecule has 300 valence electrons. The molecule has 5 nitrogen and oxygen atoms in total. The number of rotatable bonds is 21. The Morgan fingerprint density at radius 2 is 1.33 bits per heavy atom. The van der Waals surface area contributed by atoms with Crippen molar-refractivity contribution in [1.29, 1.82) is 0 Å². The lowest BCUT2D eigenvalue weighted by atomic mass is 9.63. The zero-order chi connectivity index (χ0) is 38.8. The van der Waals surface area contributed by atoms with Crippen LogP contribution < -0.4 is 0 Å². The van der Waals surface area contributed by atoms with Gasteiger partial charge in [0.25, 0.3) is 0 Å². The average molecular weight is 775 g/mol. The number of esters is 1. The topological polar surface area (TPSA) is 54.0 Å². The number of fused-ring (bicyclic) bond motifs is 1.